The number of rotatable bonds is 7. The first-order valence-corrected chi connectivity index (χ1v) is 18.1. The second-order valence-corrected chi connectivity index (χ2v) is 20.2. The molecule has 0 bridgehead atoms. The van der Waals surface area contributed by atoms with E-state index in [-0.39, 0.29) is 0 Å². The zero-order valence-corrected chi connectivity index (χ0v) is 21.2. The van der Waals surface area contributed by atoms with Crippen LogP contribution in [-0.4, -0.2) is 13.3 Å². The average molecular weight is 427 g/mol. The fraction of sp³-hybridized carbons (Fsp3) is 0.560. The number of hydrogen-bond acceptors (Lipinski definition) is 0. The molecule has 1 heterocycles. The van der Waals surface area contributed by atoms with Gasteiger partial charge in [-0.05, 0) is 0 Å². The van der Waals surface area contributed by atoms with E-state index in [2.05, 4.69) is 94.0 Å². The van der Waals surface area contributed by atoms with Crippen LogP contribution in [0.1, 0.15) is 63.1 Å². The molecule has 0 radical (unpaired) electrons. The van der Waals surface area contributed by atoms with Crippen molar-refractivity contribution in [2.45, 2.75) is 77.1 Å². The van der Waals surface area contributed by atoms with E-state index in [0.29, 0.717) is 11.8 Å². The summed E-state index contributed by atoms with van der Waals surface area (Å²) in [6.45, 7) is 11.5. The monoisotopic (exact) mass is 428 g/mol. The van der Waals surface area contributed by atoms with Gasteiger partial charge in [0.2, 0.25) is 0 Å². The van der Waals surface area contributed by atoms with Crippen LogP contribution in [0.5, 0.6) is 0 Å². The minimum absolute atomic E-state index is 0.670. The van der Waals surface area contributed by atoms with E-state index in [1.54, 1.807) is 9.96 Å². The zero-order chi connectivity index (χ0) is 20.4. The van der Waals surface area contributed by atoms with Crippen molar-refractivity contribution in [1.29, 1.82) is 0 Å². The van der Waals surface area contributed by atoms with Gasteiger partial charge >= 0.3 is 171 Å². The molecule has 0 atom stereocenters. The Bertz CT molecular complexity index is 780. The van der Waals surface area contributed by atoms with Gasteiger partial charge in [-0.15, -0.1) is 0 Å². The molecule has 0 amide bonds. The number of benzene rings is 1. The third kappa shape index (κ3) is 5.25. The first-order valence-electron chi connectivity index (χ1n) is 10.7. The van der Waals surface area contributed by atoms with E-state index in [4.69, 9.17) is 0 Å². The maximum atomic E-state index is 2.53. The van der Waals surface area contributed by atoms with E-state index in [1.807, 2.05) is 0 Å². The van der Waals surface area contributed by atoms with Crippen molar-refractivity contribution in [3.8, 4) is 11.3 Å². The molecule has 2 heteroatoms. The van der Waals surface area contributed by atoms with Crippen LogP contribution >= 0.6 is 0 Å². The van der Waals surface area contributed by atoms with Crippen LogP contribution in [0.3, 0.4) is 0 Å². The summed E-state index contributed by atoms with van der Waals surface area (Å²) in [4.78, 5) is 0. The van der Waals surface area contributed by atoms with Crippen LogP contribution in [0.4, 0.5) is 0 Å². The van der Waals surface area contributed by atoms with Crippen molar-refractivity contribution in [1.82, 2.24) is 0 Å². The van der Waals surface area contributed by atoms with Crippen LogP contribution < -0.4 is 8.96 Å². The summed E-state index contributed by atoms with van der Waals surface area (Å²) in [5.41, 5.74) is 7.21. The molecule has 148 valence electrons. The quantitative estimate of drug-likeness (QED) is 0.370. The van der Waals surface area contributed by atoms with Crippen LogP contribution in [0, 0.1) is 12.8 Å². The Labute approximate surface area is 170 Å². The van der Waals surface area contributed by atoms with Gasteiger partial charge in [0, 0.05) is 0 Å². The van der Waals surface area contributed by atoms with Gasteiger partial charge in [-0.25, -0.2) is 0 Å². The van der Waals surface area contributed by atoms with Gasteiger partial charge < -0.3 is 0 Å². The Morgan fingerprint density at radius 2 is 1.63 bits per heavy atom. The molecular formula is C25H40GeN+. The number of aromatic nitrogens is 1. The fourth-order valence-electron chi connectivity index (χ4n) is 4.17. The number of pyridine rings is 1. The van der Waals surface area contributed by atoms with Crippen LogP contribution in [0.2, 0.25) is 17.3 Å². The summed E-state index contributed by atoms with van der Waals surface area (Å²) >= 11 is -1.94. The Balaban J connectivity index is 2.69. The second kappa shape index (κ2) is 8.94. The summed E-state index contributed by atoms with van der Waals surface area (Å²) < 4.78 is 4.06. The van der Waals surface area contributed by atoms with E-state index < -0.39 is 13.3 Å². The summed E-state index contributed by atoms with van der Waals surface area (Å²) in [5, 5.41) is 0. The first-order chi connectivity index (χ1) is 12.6. The van der Waals surface area contributed by atoms with Gasteiger partial charge in [0.05, 0.1) is 0 Å². The van der Waals surface area contributed by atoms with Crippen LogP contribution in [0.25, 0.3) is 11.3 Å². The predicted octanol–water partition coefficient (Wildman–Crippen LogP) is 6.13. The molecule has 0 saturated heterocycles. The SMILES string of the molecule is CCC(CC)c1cc(-c2cc(CC(C)C)ccc2C)[n+](C)c[c]1[Ge]([CH3])([CH3])[CH3]. The summed E-state index contributed by atoms with van der Waals surface area (Å²) in [7, 11) is 2.23. The third-order valence-corrected chi connectivity index (χ3v) is 10.0. The Hall–Kier alpha value is -1.09. The predicted molar refractivity (Wildman–Crippen MR) is 123 cm³/mol. The van der Waals surface area contributed by atoms with Crippen LogP contribution in [-0.2, 0) is 13.5 Å². The van der Waals surface area contributed by atoms with Gasteiger partial charge in [-0.3, -0.25) is 0 Å². The fourth-order valence-corrected chi connectivity index (χ4v) is 7.78. The summed E-state index contributed by atoms with van der Waals surface area (Å²) in [5.74, 6) is 8.93. The van der Waals surface area contributed by atoms with Gasteiger partial charge in [0.1, 0.15) is 0 Å². The van der Waals surface area contributed by atoms with Crippen molar-refractivity contribution in [2.75, 3.05) is 0 Å². The Morgan fingerprint density at radius 3 is 2.15 bits per heavy atom. The van der Waals surface area contributed by atoms with Crippen molar-refractivity contribution >= 4 is 17.7 Å². The van der Waals surface area contributed by atoms with E-state index in [1.165, 1.54) is 35.2 Å². The van der Waals surface area contributed by atoms with E-state index in [9.17, 15) is 0 Å². The summed E-state index contributed by atoms with van der Waals surface area (Å²) in [6, 6.07) is 9.57. The van der Waals surface area contributed by atoms with Gasteiger partial charge in [0.15, 0.2) is 0 Å². The van der Waals surface area contributed by atoms with Crippen molar-refractivity contribution in [3.05, 3.63) is 47.2 Å². The first kappa shape index (κ1) is 22.2. The second-order valence-electron chi connectivity index (χ2n) is 9.65. The normalized spacial score (nSPS) is 12.3. The van der Waals surface area contributed by atoms with Gasteiger partial charge in [-0.2, -0.15) is 0 Å². The van der Waals surface area contributed by atoms with Gasteiger partial charge in [-0.1, -0.05) is 0 Å². The molecule has 0 aliphatic heterocycles. The maximum absolute atomic E-state index is 2.53. The molecule has 0 aliphatic rings. The van der Waals surface area contributed by atoms with Gasteiger partial charge in [0.25, 0.3) is 0 Å². The molecule has 0 fully saturated rings. The zero-order valence-electron chi connectivity index (χ0n) is 19.1. The standard InChI is InChI=1S/C25H40GeN/c1-10-21(11-2)23-16-25(27(9)17-24(23)26(6,7)8)22-15-20(14-18(3)4)13-12-19(22)5/h12-13,15-18,21H,10-11,14H2,1-9H3/q+1. The van der Waals surface area contributed by atoms with E-state index >= 15 is 0 Å². The molecule has 1 aromatic carbocycles. The molecule has 2 rings (SSSR count). The molecule has 0 spiro atoms. The van der Waals surface area contributed by atoms with Crippen molar-refractivity contribution in [3.63, 3.8) is 0 Å². The minimum atomic E-state index is -1.94. The molecule has 0 aliphatic carbocycles. The average Bonchev–Trinajstić information content (AvgIpc) is 2.57. The number of aryl methyl sites for hydroxylation is 2. The molecule has 0 N–H and O–H groups in total. The molecule has 1 aromatic heterocycles. The third-order valence-electron chi connectivity index (χ3n) is 5.76. The van der Waals surface area contributed by atoms with Crippen molar-refractivity contribution < 1.29 is 4.57 Å². The molecule has 2 aromatic rings. The topological polar surface area (TPSA) is 3.88 Å². The van der Waals surface area contributed by atoms with Crippen molar-refractivity contribution in [2.24, 2.45) is 13.0 Å². The Morgan fingerprint density at radius 1 is 1.00 bits per heavy atom. The van der Waals surface area contributed by atoms with Crippen LogP contribution in [0.15, 0.2) is 30.5 Å². The number of nitrogens with zero attached hydrogens (tertiary/aromatic N) is 1. The molecular weight excluding hydrogens is 387 g/mol. The van der Waals surface area contributed by atoms with E-state index in [0.717, 1.165) is 6.42 Å². The summed E-state index contributed by atoms with van der Waals surface area (Å²) in [6.07, 6.45) is 6.06. The number of hydrogen-bond donors (Lipinski definition) is 0. The molecule has 0 saturated carbocycles. The molecule has 1 nitrogen and oxygen atoms in total. The molecule has 0 unspecified atom stereocenters. The Kier molecular flexibility index (Phi) is 7.35. The molecule has 27 heavy (non-hydrogen) atoms.